The SMILES string of the molecule is CC.CC1CCNc2c(cnc(N)c2Cc2cnc3ccccc3c2)/C=C/CCOCCC(=O)N1. The number of hydrogen-bond acceptors (Lipinski definition) is 6. The molecule has 0 saturated heterocycles. The van der Waals surface area contributed by atoms with Gasteiger partial charge in [0.2, 0.25) is 5.91 Å². The Labute approximate surface area is 208 Å². The molecule has 1 amide bonds. The highest BCUT2D eigenvalue weighted by Gasteiger charge is 2.15. The number of benzene rings is 1. The molecule has 0 radical (unpaired) electrons. The Morgan fingerprint density at radius 2 is 1.97 bits per heavy atom. The third kappa shape index (κ3) is 7.52. The number of carbonyl (C=O) groups excluding carboxylic acids is 1. The molecule has 1 aliphatic heterocycles. The van der Waals surface area contributed by atoms with E-state index in [0.29, 0.717) is 38.4 Å². The standard InChI is InChI=1S/C26H31N5O2.C2H6/c1-18-9-11-28-25-21(7-4-5-12-33-13-10-24(32)31-18)17-30-26(27)22(25)15-19-14-20-6-2-3-8-23(20)29-16-19;1-2/h2-4,6-8,14,16-18,28H,5,9-13,15H2,1H3,(H2,27,30)(H,31,32);1-2H3/b7-4+;. The van der Waals surface area contributed by atoms with Crippen LogP contribution in [0, 0.1) is 0 Å². The van der Waals surface area contributed by atoms with E-state index in [1.54, 1.807) is 6.20 Å². The van der Waals surface area contributed by atoms with E-state index in [0.717, 1.165) is 46.1 Å². The lowest BCUT2D eigenvalue weighted by atomic mass is 10.0. The summed E-state index contributed by atoms with van der Waals surface area (Å²) >= 11 is 0. The number of nitrogen functional groups attached to an aromatic ring is 1. The number of nitrogens with one attached hydrogen (secondary N) is 2. The summed E-state index contributed by atoms with van der Waals surface area (Å²) in [6.07, 6.45) is 10.4. The fourth-order valence-electron chi connectivity index (χ4n) is 3.98. The molecule has 0 saturated carbocycles. The Bertz CT molecular complexity index is 1150. The Kier molecular flexibility index (Phi) is 10.0. The Morgan fingerprint density at radius 3 is 2.83 bits per heavy atom. The number of carbonyl (C=O) groups is 1. The van der Waals surface area contributed by atoms with Crippen molar-refractivity contribution in [3.8, 4) is 0 Å². The lowest BCUT2D eigenvalue weighted by Gasteiger charge is -2.19. The number of rotatable bonds is 2. The molecule has 186 valence electrons. The fraction of sp³-hybridized carbons (Fsp3) is 0.393. The van der Waals surface area contributed by atoms with Crippen molar-refractivity contribution in [3.63, 3.8) is 0 Å². The molecular formula is C28H37N5O2. The average molecular weight is 476 g/mol. The van der Waals surface area contributed by atoms with Gasteiger partial charge in [0.05, 0.1) is 24.4 Å². The van der Waals surface area contributed by atoms with Gasteiger partial charge in [0.15, 0.2) is 0 Å². The van der Waals surface area contributed by atoms with E-state index in [1.807, 2.05) is 45.2 Å². The molecule has 7 nitrogen and oxygen atoms in total. The molecule has 0 bridgehead atoms. The molecule has 4 N–H and O–H groups in total. The molecule has 3 heterocycles. The summed E-state index contributed by atoms with van der Waals surface area (Å²) in [7, 11) is 0. The minimum Gasteiger partial charge on any atom is -0.384 e. The molecule has 4 rings (SSSR count). The second-order valence-electron chi connectivity index (χ2n) is 8.40. The number of hydrogen-bond donors (Lipinski definition) is 3. The van der Waals surface area contributed by atoms with E-state index >= 15 is 0 Å². The molecule has 35 heavy (non-hydrogen) atoms. The van der Waals surface area contributed by atoms with Gasteiger partial charge in [-0.15, -0.1) is 0 Å². The van der Waals surface area contributed by atoms with E-state index in [2.05, 4.69) is 44.9 Å². The van der Waals surface area contributed by atoms with Gasteiger partial charge in [0, 0.05) is 54.3 Å². The first-order valence-electron chi connectivity index (χ1n) is 12.5. The number of pyridine rings is 2. The number of nitrogens with zero attached hydrogens (tertiary/aromatic N) is 2. The summed E-state index contributed by atoms with van der Waals surface area (Å²) in [5, 5.41) is 7.71. The number of para-hydroxylation sites is 1. The number of fused-ring (bicyclic) bond motifs is 2. The van der Waals surface area contributed by atoms with Gasteiger partial charge in [0.25, 0.3) is 0 Å². The zero-order valence-corrected chi connectivity index (χ0v) is 21.0. The van der Waals surface area contributed by atoms with Crippen LogP contribution >= 0.6 is 0 Å². The summed E-state index contributed by atoms with van der Waals surface area (Å²) in [5.74, 6) is 0.525. The van der Waals surface area contributed by atoms with E-state index in [-0.39, 0.29) is 11.9 Å². The Hall–Kier alpha value is -3.45. The number of amides is 1. The highest BCUT2D eigenvalue weighted by molar-refractivity contribution is 5.79. The highest BCUT2D eigenvalue weighted by Crippen LogP contribution is 2.29. The largest absolute Gasteiger partial charge is 0.384 e. The molecule has 1 atom stereocenters. The third-order valence-electron chi connectivity index (χ3n) is 5.76. The van der Waals surface area contributed by atoms with Crippen molar-refractivity contribution >= 4 is 34.4 Å². The van der Waals surface area contributed by atoms with Crippen LogP contribution in [-0.2, 0) is 16.0 Å². The van der Waals surface area contributed by atoms with Crippen LogP contribution in [0.3, 0.4) is 0 Å². The van der Waals surface area contributed by atoms with Crippen LogP contribution in [0.5, 0.6) is 0 Å². The number of anilines is 2. The average Bonchev–Trinajstić information content (AvgIpc) is 2.87. The molecule has 2 aromatic heterocycles. The second kappa shape index (κ2) is 13.4. The molecule has 0 aliphatic carbocycles. The van der Waals surface area contributed by atoms with Crippen molar-refractivity contribution < 1.29 is 9.53 Å². The van der Waals surface area contributed by atoms with Gasteiger partial charge in [-0.1, -0.05) is 44.2 Å². The zero-order valence-electron chi connectivity index (χ0n) is 21.0. The summed E-state index contributed by atoms with van der Waals surface area (Å²) in [6, 6.07) is 10.3. The maximum absolute atomic E-state index is 12.1. The predicted molar refractivity (Wildman–Crippen MR) is 144 cm³/mol. The molecule has 0 spiro atoms. The summed E-state index contributed by atoms with van der Waals surface area (Å²) in [5.41, 5.74) is 11.3. The first-order chi connectivity index (χ1) is 17.1. The van der Waals surface area contributed by atoms with E-state index in [1.165, 1.54) is 0 Å². The summed E-state index contributed by atoms with van der Waals surface area (Å²) in [4.78, 5) is 21.1. The van der Waals surface area contributed by atoms with Crippen molar-refractivity contribution in [1.82, 2.24) is 15.3 Å². The quantitative estimate of drug-likeness (QED) is 0.484. The maximum Gasteiger partial charge on any atom is 0.222 e. The summed E-state index contributed by atoms with van der Waals surface area (Å²) in [6.45, 7) is 7.72. The first-order valence-corrected chi connectivity index (χ1v) is 12.5. The highest BCUT2D eigenvalue weighted by atomic mass is 16.5. The molecule has 3 aromatic rings. The van der Waals surface area contributed by atoms with Gasteiger partial charge in [0.1, 0.15) is 5.82 Å². The zero-order chi connectivity index (χ0) is 25.0. The number of aromatic nitrogens is 2. The number of nitrogens with two attached hydrogens (primary N) is 1. The van der Waals surface area contributed by atoms with E-state index in [4.69, 9.17) is 10.5 Å². The lowest BCUT2D eigenvalue weighted by molar-refractivity contribution is -0.122. The van der Waals surface area contributed by atoms with Crippen molar-refractivity contribution in [2.24, 2.45) is 0 Å². The van der Waals surface area contributed by atoms with Crippen molar-refractivity contribution in [2.75, 3.05) is 30.8 Å². The molecule has 1 aliphatic rings. The third-order valence-corrected chi connectivity index (χ3v) is 5.76. The van der Waals surface area contributed by atoms with Crippen LogP contribution in [0.1, 0.15) is 56.7 Å². The minimum absolute atomic E-state index is 0.0197. The van der Waals surface area contributed by atoms with Gasteiger partial charge in [-0.2, -0.15) is 0 Å². The molecule has 1 aromatic carbocycles. The van der Waals surface area contributed by atoms with Gasteiger partial charge in [-0.25, -0.2) is 4.98 Å². The van der Waals surface area contributed by atoms with Crippen LogP contribution in [0.2, 0.25) is 0 Å². The van der Waals surface area contributed by atoms with Crippen LogP contribution in [0.25, 0.3) is 17.0 Å². The minimum atomic E-state index is 0.0197. The monoisotopic (exact) mass is 475 g/mol. The molecule has 1 unspecified atom stereocenters. The second-order valence-corrected chi connectivity index (χ2v) is 8.40. The number of ether oxygens (including phenoxy) is 1. The van der Waals surface area contributed by atoms with Crippen molar-refractivity contribution in [1.29, 1.82) is 0 Å². The van der Waals surface area contributed by atoms with Crippen molar-refractivity contribution in [2.45, 2.75) is 52.5 Å². The maximum atomic E-state index is 12.1. The van der Waals surface area contributed by atoms with Crippen LogP contribution < -0.4 is 16.4 Å². The lowest BCUT2D eigenvalue weighted by Crippen LogP contribution is -2.34. The van der Waals surface area contributed by atoms with Crippen LogP contribution in [0.4, 0.5) is 11.5 Å². The van der Waals surface area contributed by atoms with Crippen LogP contribution in [-0.4, -0.2) is 41.7 Å². The van der Waals surface area contributed by atoms with Crippen LogP contribution in [0.15, 0.2) is 48.8 Å². The van der Waals surface area contributed by atoms with E-state index < -0.39 is 0 Å². The van der Waals surface area contributed by atoms with Gasteiger partial charge < -0.3 is 21.1 Å². The predicted octanol–water partition coefficient (Wildman–Crippen LogP) is 4.96. The van der Waals surface area contributed by atoms with Gasteiger partial charge >= 0.3 is 0 Å². The molecule has 7 heteroatoms. The molecule has 0 fully saturated rings. The summed E-state index contributed by atoms with van der Waals surface area (Å²) < 4.78 is 5.59. The van der Waals surface area contributed by atoms with Gasteiger partial charge in [-0.3, -0.25) is 9.78 Å². The first kappa shape index (κ1) is 26.2. The fourth-order valence-corrected chi connectivity index (χ4v) is 3.98. The Morgan fingerprint density at radius 1 is 1.14 bits per heavy atom. The van der Waals surface area contributed by atoms with Crippen molar-refractivity contribution in [3.05, 3.63) is 65.5 Å². The molecular weight excluding hydrogens is 438 g/mol. The Balaban J connectivity index is 0.00000167. The smallest absolute Gasteiger partial charge is 0.222 e. The topological polar surface area (TPSA) is 102 Å². The van der Waals surface area contributed by atoms with E-state index in [9.17, 15) is 4.79 Å². The van der Waals surface area contributed by atoms with Gasteiger partial charge in [-0.05, 0) is 37.5 Å². The normalized spacial score (nSPS) is 18.0.